The van der Waals surface area contributed by atoms with Crippen molar-refractivity contribution >= 4 is 27.5 Å². The Kier molecular flexibility index (Phi) is 12.0. The number of rotatable bonds is 14. The van der Waals surface area contributed by atoms with Gasteiger partial charge in [0.05, 0.1) is 10.6 Å². The van der Waals surface area contributed by atoms with Gasteiger partial charge in [0, 0.05) is 19.0 Å². The van der Waals surface area contributed by atoms with Gasteiger partial charge in [-0.25, -0.2) is 8.42 Å². The van der Waals surface area contributed by atoms with Crippen molar-refractivity contribution < 1.29 is 18.0 Å². The Morgan fingerprint density at radius 3 is 1.87 bits per heavy atom. The molecule has 8 heteroatoms. The molecular formula is C39H47N3O4S. The van der Waals surface area contributed by atoms with Crippen LogP contribution < -0.4 is 9.62 Å². The van der Waals surface area contributed by atoms with Gasteiger partial charge in [0.2, 0.25) is 11.8 Å². The topological polar surface area (TPSA) is 86.8 Å². The van der Waals surface area contributed by atoms with Crippen LogP contribution in [0.3, 0.4) is 0 Å². The summed E-state index contributed by atoms with van der Waals surface area (Å²) < 4.78 is 29.7. The van der Waals surface area contributed by atoms with E-state index >= 15 is 0 Å². The lowest BCUT2D eigenvalue weighted by Crippen LogP contribution is -2.54. The van der Waals surface area contributed by atoms with Crippen LogP contribution in [0.15, 0.2) is 108 Å². The highest BCUT2D eigenvalue weighted by molar-refractivity contribution is 7.92. The Morgan fingerprint density at radius 2 is 1.32 bits per heavy atom. The molecule has 4 aromatic carbocycles. The van der Waals surface area contributed by atoms with Crippen molar-refractivity contribution in [1.82, 2.24) is 10.2 Å². The molecule has 0 fully saturated rings. The first-order valence-electron chi connectivity index (χ1n) is 16.3. The first-order chi connectivity index (χ1) is 22.4. The largest absolute Gasteiger partial charge is 0.352 e. The van der Waals surface area contributed by atoms with Gasteiger partial charge in [0.1, 0.15) is 12.6 Å². The summed E-state index contributed by atoms with van der Waals surface area (Å²) in [6.45, 7) is 11.6. The molecule has 0 radical (unpaired) electrons. The fourth-order valence-electron chi connectivity index (χ4n) is 5.28. The molecule has 4 aromatic rings. The summed E-state index contributed by atoms with van der Waals surface area (Å²) in [6, 6.07) is 30.3. The summed E-state index contributed by atoms with van der Waals surface area (Å²) >= 11 is 0. The molecule has 1 N–H and O–H groups in total. The molecular weight excluding hydrogens is 607 g/mol. The van der Waals surface area contributed by atoms with Gasteiger partial charge in [0.25, 0.3) is 10.0 Å². The zero-order chi connectivity index (χ0) is 34.1. The van der Waals surface area contributed by atoms with E-state index in [1.54, 1.807) is 36.4 Å². The van der Waals surface area contributed by atoms with Gasteiger partial charge in [-0.3, -0.25) is 13.9 Å². The van der Waals surface area contributed by atoms with Crippen molar-refractivity contribution in [3.8, 4) is 0 Å². The van der Waals surface area contributed by atoms with Crippen LogP contribution in [0.25, 0.3) is 0 Å². The Labute approximate surface area is 280 Å². The monoisotopic (exact) mass is 653 g/mol. The van der Waals surface area contributed by atoms with Crippen LogP contribution in [0.2, 0.25) is 0 Å². The minimum absolute atomic E-state index is 0.0873. The second kappa shape index (κ2) is 15.9. The second-order valence-corrected chi connectivity index (χ2v) is 14.5. The minimum Gasteiger partial charge on any atom is -0.352 e. The standard InChI is InChI=1S/C39H47N3O4S/c1-7-31(6)40-39(44)37(25-32-11-9-8-10-12-32)41(26-33-17-13-29(4)14-18-33)38(43)27-42(35-21-19-34(20-22-35)28(2)3)47(45,46)36-23-15-30(5)16-24-36/h8-24,28,31,37H,7,25-27H2,1-6H3,(H,40,44)/t31-,37-/m1/s1. The van der Waals surface area contributed by atoms with Gasteiger partial charge in [-0.2, -0.15) is 0 Å². The maximum atomic E-state index is 14.6. The van der Waals surface area contributed by atoms with Crippen LogP contribution in [0.1, 0.15) is 67.9 Å². The zero-order valence-corrected chi connectivity index (χ0v) is 29.1. The van der Waals surface area contributed by atoms with E-state index in [1.165, 1.54) is 9.21 Å². The first kappa shape index (κ1) is 35.4. The van der Waals surface area contributed by atoms with Gasteiger partial charge in [-0.1, -0.05) is 111 Å². The van der Waals surface area contributed by atoms with Gasteiger partial charge in [0.15, 0.2) is 0 Å². The number of amides is 2. The molecule has 2 amide bonds. The summed E-state index contributed by atoms with van der Waals surface area (Å²) in [4.78, 5) is 30.2. The highest BCUT2D eigenvalue weighted by Gasteiger charge is 2.35. The number of sulfonamides is 1. The Morgan fingerprint density at radius 1 is 0.745 bits per heavy atom. The van der Waals surface area contributed by atoms with E-state index in [2.05, 4.69) is 19.2 Å². The Balaban J connectivity index is 1.81. The molecule has 4 rings (SSSR count). The number of carbonyl (C=O) groups is 2. The van der Waals surface area contributed by atoms with E-state index < -0.39 is 28.5 Å². The number of aryl methyl sites for hydroxylation is 2. The Hall–Kier alpha value is -4.43. The van der Waals surface area contributed by atoms with Gasteiger partial charge >= 0.3 is 0 Å². The van der Waals surface area contributed by atoms with E-state index in [4.69, 9.17) is 0 Å². The number of carbonyl (C=O) groups excluding carboxylic acids is 2. The van der Waals surface area contributed by atoms with E-state index in [0.29, 0.717) is 5.69 Å². The van der Waals surface area contributed by atoms with Crippen molar-refractivity contribution in [1.29, 1.82) is 0 Å². The van der Waals surface area contributed by atoms with Crippen molar-refractivity contribution in [2.75, 3.05) is 10.8 Å². The third kappa shape index (κ3) is 9.32. The zero-order valence-electron chi connectivity index (χ0n) is 28.3. The smallest absolute Gasteiger partial charge is 0.264 e. The molecule has 0 aliphatic heterocycles. The molecule has 0 bridgehead atoms. The number of nitrogens with zero attached hydrogens (tertiary/aromatic N) is 2. The quantitative estimate of drug-likeness (QED) is 0.156. The lowest BCUT2D eigenvalue weighted by Gasteiger charge is -2.34. The maximum Gasteiger partial charge on any atom is 0.264 e. The SMILES string of the molecule is CC[C@@H](C)NC(=O)[C@@H](Cc1ccccc1)N(Cc1ccc(C)cc1)C(=O)CN(c1ccc(C(C)C)cc1)S(=O)(=O)c1ccc(C)cc1. The van der Waals surface area contributed by atoms with Crippen molar-refractivity contribution in [2.45, 2.75) is 83.8 Å². The van der Waals surface area contributed by atoms with Gasteiger partial charge in [-0.05, 0) is 74.1 Å². The van der Waals surface area contributed by atoms with Crippen LogP contribution in [0.4, 0.5) is 5.69 Å². The van der Waals surface area contributed by atoms with Crippen LogP contribution in [-0.4, -0.2) is 43.8 Å². The average Bonchev–Trinajstić information content (AvgIpc) is 3.06. The molecule has 2 atom stereocenters. The third-order valence-electron chi connectivity index (χ3n) is 8.48. The summed E-state index contributed by atoms with van der Waals surface area (Å²) in [7, 11) is -4.15. The molecule has 0 saturated carbocycles. The van der Waals surface area contributed by atoms with Crippen LogP contribution in [0, 0.1) is 13.8 Å². The van der Waals surface area contributed by atoms with Gasteiger partial charge < -0.3 is 10.2 Å². The third-order valence-corrected chi connectivity index (χ3v) is 10.3. The molecule has 0 unspecified atom stereocenters. The molecule has 0 spiro atoms. The van der Waals surface area contributed by atoms with Crippen molar-refractivity contribution in [3.63, 3.8) is 0 Å². The number of nitrogens with one attached hydrogen (secondary N) is 1. The second-order valence-electron chi connectivity index (χ2n) is 12.6. The predicted molar refractivity (Wildman–Crippen MR) is 190 cm³/mol. The van der Waals surface area contributed by atoms with Crippen LogP contribution >= 0.6 is 0 Å². The highest BCUT2D eigenvalue weighted by atomic mass is 32.2. The predicted octanol–water partition coefficient (Wildman–Crippen LogP) is 7.18. The van der Waals surface area contributed by atoms with Crippen LogP contribution in [-0.2, 0) is 32.6 Å². The van der Waals surface area contributed by atoms with E-state index in [-0.39, 0.29) is 35.7 Å². The average molecular weight is 654 g/mol. The molecule has 0 aliphatic rings. The maximum absolute atomic E-state index is 14.6. The molecule has 0 aromatic heterocycles. The highest BCUT2D eigenvalue weighted by Crippen LogP contribution is 2.27. The number of hydrogen-bond donors (Lipinski definition) is 1. The summed E-state index contributed by atoms with van der Waals surface area (Å²) in [5.41, 5.74) is 5.16. The van der Waals surface area contributed by atoms with E-state index in [0.717, 1.165) is 34.2 Å². The number of hydrogen-bond acceptors (Lipinski definition) is 4. The minimum atomic E-state index is -4.15. The molecule has 0 aliphatic carbocycles. The normalized spacial score (nSPS) is 12.7. The first-order valence-corrected chi connectivity index (χ1v) is 17.7. The summed E-state index contributed by atoms with van der Waals surface area (Å²) in [5.74, 6) is -0.507. The number of benzene rings is 4. The summed E-state index contributed by atoms with van der Waals surface area (Å²) in [5, 5.41) is 3.08. The van der Waals surface area contributed by atoms with E-state index in [1.807, 2.05) is 94.4 Å². The molecule has 0 saturated heterocycles. The molecule has 0 heterocycles. The fourth-order valence-corrected chi connectivity index (χ4v) is 6.69. The molecule has 7 nitrogen and oxygen atoms in total. The van der Waals surface area contributed by atoms with Crippen LogP contribution in [0.5, 0.6) is 0 Å². The molecule has 248 valence electrons. The van der Waals surface area contributed by atoms with Crippen molar-refractivity contribution in [2.24, 2.45) is 0 Å². The number of anilines is 1. The summed E-state index contributed by atoms with van der Waals surface area (Å²) in [6.07, 6.45) is 0.999. The lowest BCUT2D eigenvalue weighted by atomic mass is 10.0. The van der Waals surface area contributed by atoms with Crippen molar-refractivity contribution in [3.05, 3.63) is 131 Å². The Bertz CT molecular complexity index is 1720. The van der Waals surface area contributed by atoms with E-state index in [9.17, 15) is 18.0 Å². The fraction of sp³-hybridized carbons (Fsp3) is 0.333. The van der Waals surface area contributed by atoms with Gasteiger partial charge in [-0.15, -0.1) is 0 Å². The molecule has 47 heavy (non-hydrogen) atoms. The lowest BCUT2D eigenvalue weighted by molar-refractivity contribution is -0.140.